The third-order valence-electron chi connectivity index (χ3n) is 5.44. The molecule has 6 heteroatoms. The van der Waals surface area contributed by atoms with Gasteiger partial charge in [0.2, 0.25) is 0 Å². The van der Waals surface area contributed by atoms with Gasteiger partial charge >= 0.3 is 11.9 Å². The Hall–Kier alpha value is -1.66. The van der Waals surface area contributed by atoms with E-state index in [1.54, 1.807) is 0 Å². The molecule has 1 aliphatic heterocycles. The highest BCUT2D eigenvalue weighted by Crippen LogP contribution is 2.28. The zero-order valence-corrected chi connectivity index (χ0v) is 20.1. The van der Waals surface area contributed by atoms with Crippen LogP contribution in [0.15, 0.2) is 24.3 Å². The maximum atomic E-state index is 11.5. The summed E-state index contributed by atoms with van der Waals surface area (Å²) >= 11 is 0. The van der Waals surface area contributed by atoms with Gasteiger partial charge in [-0.15, -0.1) is 0 Å². The molecule has 6 nitrogen and oxygen atoms in total. The highest BCUT2D eigenvalue weighted by atomic mass is 16.7. The molecule has 1 saturated heterocycles. The summed E-state index contributed by atoms with van der Waals surface area (Å²) in [4.78, 5) is 22.7. The third kappa shape index (κ3) is 12.7. The highest BCUT2D eigenvalue weighted by molar-refractivity contribution is 5.69. The Balaban J connectivity index is 2.72. The van der Waals surface area contributed by atoms with Gasteiger partial charge in [0.05, 0.1) is 20.3 Å². The SMILES string of the molecule is CCCCC[C@@H](/C=C/[C@H]1COC(C)(C)OC[C@@H]1C/C=C\CCCC(=O)OC)OC(C)=O. The normalized spacial score (nSPS) is 22.4. The van der Waals surface area contributed by atoms with E-state index in [4.69, 9.17) is 14.2 Å². The Labute approximate surface area is 188 Å². The van der Waals surface area contributed by atoms with Crippen LogP contribution in [0.1, 0.15) is 79.1 Å². The van der Waals surface area contributed by atoms with Crippen LogP contribution in [-0.4, -0.2) is 44.2 Å². The third-order valence-corrected chi connectivity index (χ3v) is 5.44. The number of rotatable bonds is 13. The van der Waals surface area contributed by atoms with Gasteiger partial charge in [0.15, 0.2) is 5.79 Å². The summed E-state index contributed by atoms with van der Waals surface area (Å²) < 4.78 is 22.1. The molecular formula is C25H42O6. The minimum absolute atomic E-state index is 0.170. The molecule has 0 unspecified atom stereocenters. The zero-order valence-electron chi connectivity index (χ0n) is 20.1. The van der Waals surface area contributed by atoms with Crippen molar-refractivity contribution < 1.29 is 28.5 Å². The molecule has 1 heterocycles. The van der Waals surface area contributed by atoms with Crippen LogP contribution in [0, 0.1) is 11.8 Å². The van der Waals surface area contributed by atoms with Gasteiger partial charge in [-0.2, -0.15) is 0 Å². The quantitative estimate of drug-likeness (QED) is 0.219. The molecule has 0 aromatic heterocycles. The predicted molar refractivity (Wildman–Crippen MR) is 121 cm³/mol. The molecule has 1 fully saturated rings. The molecule has 0 amide bonds. The van der Waals surface area contributed by atoms with Gasteiger partial charge in [-0.1, -0.05) is 38.0 Å². The van der Waals surface area contributed by atoms with E-state index in [0.29, 0.717) is 19.6 Å². The van der Waals surface area contributed by atoms with E-state index in [0.717, 1.165) is 44.9 Å². The monoisotopic (exact) mass is 438 g/mol. The van der Waals surface area contributed by atoms with E-state index in [-0.39, 0.29) is 29.9 Å². The fourth-order valence-corrected chi connectivity index (χ4v) is 3.49. The fraction of sp³-hybridized carbons (Fsp3) is 0.760. The van der Waals surface area contributed by atoms with Crippen molar-refractivity contribution in [1.29, 1.82) is 0 Å². The lowest BCUT2D eigenvalue weighted by Crippen LogP contribution is -2.27. The second kappa shape index (κ2) is 15.2. The molecule has 0 radical (unpaired) electrons. The number of hydrogen-bond acceptors (Lipinski definition) is 6. The van der Waals surface area contributed by atoms with Gasteiger partial charge < -0.3 is 18.9 Å². The Morgan fingerprint density at radius 2 is 1.87 bits per heavy atom. The zero-order chi connectivity index (χ0) is 23.1. The minimum Gasteiger partial charge on any atom is -0.469 e. The lowest BCUT2D eigenvalue weighted by molar-refractivity contribution is -0.202. The van der Waals surface area contributed by atoms with E-state index in [1.807, 2.05) is 19.9 Å². The summed E-state index contributed by atoms with van der Waals surface area (Å²) in [5, 5.41) is 0. The molecule has 0 aromatic rings. The molecular weight excluding hydrogens is 396 g/mol. The number of unbranched alkanes of at least 4 members (excludes halogenated alkanes) is 3. The van der Waals surface area contributed by atoms with Crippen LogP contribution >= 0.6 is 0 Å². The standard InChI is InChI=1S/C25H42O6/c1-6-7-10-14-23(31-20(2)26)17-16-22-19-30-25(3,4)29-18-21(22)13-11-8-9-12-15-24(27)28-5/h8,11,16-17,21-23H,6-7,9-10,12-15,18-19H2,1-5H3/b11-8-,17-16+/t21-,22-,23-/m0/s1. The van der Waals surface area contributed by atoms with Crippen LogP contribution < -0.4 is 0 Å². The highest BCUT2D eigenvalue weighted by Gasteiger charge is 2.30. The lowest BCUT2D eigenvalue weighted by Gasteiger charge is -2.22. The van der Waals surface area contributed by atoms with Crippen LogP contribution in [0.5, 0.6) is 0 Å². The van der Waals surface area contributed by atoms with Crippen LogP contribution in [0.25, 0.3) is 0 Å². The Morgan fingerprint density at radius 1 is 1.13 bits per heavy atom. The van der Waals surface area contributed by atoms with Crippen LogP contribution in [-0.2, 0) is 28.5 Å². The second-order valence-electron chi connectivity index (χ2n) is 8.65. The molecule has 0 aliphatic carbocycles. The minimum atomic E-state index is -0.610. The summed E-state index contributed by atoms with van der Waals surface area (Å²) in [5.41, 5.74) is 0. The Bertz CT molecular complexity index is 581. The van der Waals surface area contributed by atoms with Crippen molar-refractivity contribution in [1.82, 2.24) is 0 Å². The van der Waals surface area contributed by atoms with Crippen molar-refractivity contribution in [2.45, 2.75) is 91.0 Å². The fourth-order valence-electron chi connectivity index (χ4n) is 3.49. The first-order chi connectivity index (χ1) is 14.8. The number of hydrogen-bond donors (Lipinski definition) is 0. The lowest BCUT2D eigenvalue weighted by atomic mass is 9.89. The van der Waals surface area contributed by atoms with Crippen molar-refractivity contribution in [2.75, 3.05) is 20.3 Å². The van der Waals surface area contributed by atoms with Crippen molar-refractivity contribution in [2.24, 2.45) is 11.8 Å². The maximum absolute atomic E-state index is 11.5. The van der Waals surface area contributed by atoms with Crippen molar-refractivity contribution in [3.05, 3.63) is 24.3 Å². The van der Waals surface area contributed by atoms with Gasteiger partial charge in [-0.25, -0.2) is 0 Å². The first kappa shape index (κ1) is 27.4. The van der Waals surface area contributed by atoms with Crippen LogP contribution in [0.2, 0.25) is 0 Å². The van der Waals surface area contributed by atoms with Gasteiger partial charge in [0, 0.05) is 19.3 Å². The number of allylic oxidation sites excluding steroid dienone is 2. The number of methoxy groups -OCH3 is 1. The number of carbonyl (C=O) groups is 2. The molecule has 1 rings (SSSR count). The smallest absolute Gasteiger partial charge is 0.305 e. The Kier molecular flexibility index (Phi) is 13.4. The van der Waals surface area contributed by atoms with Gasteiger partial charge in [0.25, 0.3) is 0 Å². The molecule has 1 aliphatic rings. The van der Waals surface area contributed by atoms with E-state index in [9.17, 15) is 9.59 Å². The first-order valence-electron chi connectivity index (χ1n) is 11.6. The summed E-state index contributed by atoms with van der Waals surface area (Å²) in [6, 6.07) is 0. The van der Waals surface area contributed by atoms with E-state index in [2.05, 4.69) is 29.9 Å². The molecule has 0 N–H and O–H groups in total. The second-order valence-corrected chi connectivity index (χ2v) is 8.65. The van der Waals surface area contributed by atoms with Gasteiger partial charge in [0.1, 0.15) is 6.10 Å². The largest absolute Gasteiger partial charge is 0.469 e. The predicted octanol–water partition coefficient (Wildman–Crippen LogP) is 5.36. The summed E-state index contributed by atoms with van der Waals surface area (Å²) in [5.74, 6) is -0.591. The number of carbonyl (C=O) groups excluding carboxylic acids is 2. The molecule has 3 atom stereocenters. The van der Waals surface area contributed by atoms with Gasteiger partial charge in [-0.3, -0.25) is 9.59 Å². The molecule has 0 saturated carbocycles. The first-order valence-corrected chi connectivity index (χ1v) is 11.6. The van der Waals surface area contributed by atoms with E-state index < -0.39 is 5.79 Å². The van der Waals surface area contributed by atoms with Crippen molar-refractivity contribution >= 4 is 11.9 Å². The molecule has 178 valence electrons. The van der Waals surface area contributed by atoms with Crippen molar-refractivity contribution in [3.63, 3.8) is 0 Å². The summed E-state index contributed by atoms with van der Waals surface area (Å²) in [7, 11) is 1.41. The number of ether oxygens (including phenoxy) is 4. The molecule has 0 spiro atoms. The number of esters is 2. The Morgan fingerprint density at radius 3 is 2.55 bits per heavy atom. The average molecular weight is 439 g/mol. The summed E-state index contributed by atoms with van der Waals surface area (Å²) in [6.07, 6.45) is 15.3. The maximum Gasteiger partial charge on any atom is 0.305 e. The van der Waals surface area contributed by atoms with E-state index in [1.165, 1.54) is 14.0 Å². The summed E-state index contributed by atoms with van der Waals surface area (Å²) in [6.45, 7) is 8.65. The average Bonchev–Trinajstić information content (AvgIpc) is 2.86. The molecule has 0 bridgehead atoms. The van der Waals surface area contributed by atoms with E-state index >= 15 is 0 Å². The van der Waals surface area contributed by atoms with Crippen molar-refractivity contribution in [3.8, 4) is 0 Å². The van der Waals surface area contributed by atoms with Crippen LogP contribution in [0.4, 0.5) is 0 Å². The molecule has 0 aromatic carbocycles. The van der Waals surface area contributed by atoms with Crippen LogP contribution in [0.3, 0.4) is 0 Å². The topological polar surface area (TPSA) is 71.1 Å². The molecule has 31 heavy (non-hydrogen) atoms. The van der Waals surface area contributed by atoms with Gasteiger partial charge in [-0.05, 0) is 57.9 Å².